The van der Waals surface area contributed by atoms with Crippen LogP contribution in [0.5, 0.6) is 0 Å². The first-order valence-electron chi connectivity index (χ1n) is 9.40. The van der Waals surface area contributed by atoms with Gasteiger partial charge in [0.15, 0.2) is 0 Å². The minimum atomic E-state index is -0.570. The van der Waals surface area contributed by atoms with E-state index in [-0.39, 0.29) is 24.6 Å². The summed E-state index contributed by atoms with van der Waals surface area (Å²) < 4.78 is 16.4. The van der Waals surface area contributed by atoms with Crippen LogP contribution in [0.1, 0.15) is 67.7 Å². The van der Waals surface area contributed by atoms with Gasteiger partial charge in [0, 0.05) is 6.54 Å². The van der Waals surface area contributed by atoms with Crippen LogP contribution < -0.4 is 0 Å². The van der Waals surface area contributed by atoms with Crippen molar-refractivity contribution in [3.8, 4) is 0 Å². The molecule has 6 heteroatoms. The fraction of sp³-hybridized carbons (Fsp3) is 0.895. The van der Waals surface area contributed by atoms with Crippen LogP contribution in [0.3, 0.4) is 0 Å². The summed E-state index contributed by atoms with van der Waals surface area (Å²) in [5.41, 5.74) is -0.570. The van der Waals surface area contributed by atoms with E-state index in [2.05, 4.69) is 0 Å². The molecule has 6 nitrogen and oxygen atoms in total. The molecule has 25 heavy (non-hydrogen) atoms. The van der Waals surface area contributed by atoms with Crippen LogP contribution in [0.2, 0.25) is 0 Å². The van der Waals surface area contributed by atoms with Gasteiger partial charge in [0.25, 0.3) is 0 Å². The summed E-state index contributed by atoms with van der Waals surface area (Å²) >= 11 is 0. The SMILES string of the molecule is CCC(C)OCCN(CCOC(=O)C(CC)CC)C(=O)OC(C)(C)C. The zero-order valence-corrected chi connectivity index (χ0v) is 17.1. The molecule has 0 bridgehead atoms. The number of ether oxygens (including phenoxy) is 3. The molecular weight excluding hydrogens is 322 g/mol. The van der Waals surface area contributed by atoms with Crippen molar-refractivity contribution in [2.24, 2.45) is 5.92 Å². The van der Waals surface area contributed by atoms with Gasteiger partial charge in [-0.05, 0) is 47.0 Å². The third-order valence-corrected chi connectivity index (χ3v) is 3.91. The van der Waals surface area contributed by atoms with E-state index in [0.29, 0.717) is 19.7 Å². The molecular formula is C19H37NO5. The highest BCUT2D eigenvalue weighted by Crippen LogP contribution is 2.12. The smallest absolute Gasteiger partial charge is 0.410 e. The zero-order valence-electron chi connectivity index (χ0n) is 17.1. The normalized spacial score (nSPS) is 12.8. The molecule has 148 valence electrons. The highest BCUT2D eigenvalue weighted by molar-refractivity contribution is 5.72. The Kier molecular flexibility index (Phi) is 11.5. The van der Waals surface area contributed by atoms with Crippen LogP contribution in [-0.2, 0) is 19.0 Å². The van der Waals surface area contributed by atoms with Gasteiger partial charge in [-0.3, -0.25) is 4.79 Å². The summed E-state index contributed by atoms with van der Waals surface area (Å²) in [5, 5.41) is 0. The molecule has 1 atom stereocenters. The highest BCUT2D eigenvalue weighted by atomic mass is 16.6. The summed E-state index contributed by atoms with van der Waals surface area (Å²) in [4.78, 5) is 25.8. The Hall–Kier alpha value is -1.30. The number of nitrogens with zero attached hydrogens (tertiary/aromatic N) is 1. The van der Waals surface area contributed by atoms with Crippen molar-refractivity contribution >= 4 is 12.1 Å². The van der Waals surface area contributed by atoms with Crippen molar-refractivity contribution in [1.29, 1.82) is 0 Å². The van der Waals surface area contributed by atoms with Gasteiger partial charge in [0.1, 0.15) is 12.2 Å². The Morgan fingerprint density at radius 2 is 1.52 bits per heavy atom. The van der Waals surface area contributed by atoms with Crippen molar-refractivity contribution in [2.75, 3.05) is 26.3 Å². The fourth-order valence-corrected chi connectivity index (χ4v) is 2.10. The number of hydrogen-bond donors (Lipinski definition) is 0. The van der Waals surface area contributed by atoms with E-state index < -0.39 is 11.7 Å². The Morgan fingerprint density at radius 3 is 2.00 bits per heavy atom. The second kappa shape index (κ2) is 12.1. The fourth-order valence-electron chi connectivity index (χ4n) is 2.10. The van der Waals surface area contributed by atoms with E-state index in [4.69, 9.17) is 14.2 Å². The topological polar surface area (TPSA) is 65.1 Å². The molecule has 1 unspecified atom stereocenters. The lowest BCUT2D eigenvalue weighted by Crippen LogP contribution is -2.41. The van der Waals surface area contributed by atoms with Crippen LogP contribution >= 0.6 is 0 Å². The van der Waals surface area contributed by atoms with Gasteiger partial charge in [0.05, 0.1) is 25.2 Å². The summed E-state index contributed by atoms with van der Waals surface area (Å²) in [6, 6.07) is 0. The minimum Gasteiger partial charge on any atom is -0.464 e. The average Bonchev–Trinajstić information content (AvgIpc) is 2.52. The molecule has 0 rings (SSSR count). The van der Waals surface area contributed by atoms with Crippen LogP contribution in [-0.4, -0.2) is 55.0 Å². The van der Waals surface area contributed by atoms with Crippen molar-refractivity contribution in [1.82, 2.24) is 4.90 Å². The molecule has 0 aliphatic rings. The van der Waals surface area contributed by atoms with Gasteiger partial charge in [-0.2, -0.15) is 0 Å². The summed E-state index contributed by atoms with van der Waals surface area (Å²) in [7, 11) is 0. The molecule has 0 aromatic rings. The van der Waals surface area contributed by atoms with Gasteiger partial charge in [0.2, 0.25) is 0 Å². The lowest BCUT2D eigenvalue weighted by molar-refractivity contribution is -0.149. The monoisotopic (exact) mass is 359 g/mol. The van der Waals surface area contributed by atoms with Crippen molar-refractivity contribution in [3.05, 3.63) is 0 Å². The molecule has 0 aliphatic heterocycles. The Balaban J connectivity index is 4.56. The molecule has 0 aromatic heterocycles. The van der Waals surface area contributed by atoms with Gasteiger partial charge >= 0.3 is 12.1 Å². The van der Waals surface area contributed by atoms with Crippen LogP contribution in [0.15, 0.2) is 0 Å². The first kappa shape index (κ1) is 23.7. The molecule has 0 fully saturated rings. The lowest BCUT2D eigenvalue weighted by Gasteiger charge is -2.27. The summed E-state index contributed by atoms with van der Waals surface area (Å²) in [6.07, 6.45) is 2.16. The maximum absolute atomic E-state index is 12.3. The predicted octanol–water partition coefficient (Wildman–Crippen LogP) is 4.02. The molecule has 0 heterocycles. The van der Waals surface area contributed by atoms with E-state index in [1.165, 1.54) is 4.90 Å². The average molecular weight is 360 g/mol. The Labute approximate surface area is 153 Å². The van der Waals surface area contributed by atoms with E-state index in [1.54, 1.807) is 0 Å². The van der Waals surface area contributed by atoms with E-state index in [0.717, 1.165) is 19.3 Å². The third kappa shape index (κ3) is 11.0. The maximum Gasteiger partial charge on any atom is 0.410 e. The molecule has 0 saturated carbocycles. The third-order valence-electron chi connectivity index (χ3n) is 3.91. The van der Waals surface area contributed by atoms with Crippen LogP contribution in [0.25, 0.3) is 0 Å². The molecule has 0 aliphatic carbocycles. The zero-order chi connectivity index (χ0) is 19.5. The Morgan fingerprint density at radius 1 is 0.960 bits per heavy atom. The van der Waals surface area contributed by atoms with Crippen molar-refractivity contribution in [2.45, 2.75) is 79.4 Å². The number of amides is 1. The standard InChI is InChI=1S/C19H37NO5/c1-8-15(4)23-13-11-20(18(22)25-19(5,6)7)12-14-24-17(21)16(9-2)10-3/h15-16H,8-14H2,1-7H3. The van der Waals surface area contributed by atoms with E-state index >= 15 is 0 Å². The molecule has 0 N–H and O–H groups in total. The number of rotatable bonds is 11. The molecule has 0 aromatic carbocycles. The predicted molar refractivity (Wildman–Crippen MR) is 98.5 cm³/mol. The first-order chi connectivity index (χ1) is 11.6. The number of hydrogen-bond acceptors (Lipinski definition) is 5. The van der Waals surface area contributed by atoms with Crippen molar-refractivity contribution < 1.29 is 23.8 Å². The lowest BCUT2D eigenvalue weighted by atomic mass is 10.0. The highest BCUT2D eigenvalue weighted by Gasteiger charge is 2.23. The second-order valence-corrected chi connectivity index (χ2v) is 7.24. The molecule has 0 spiro atoms. The number of carbonyl (C=O) groups excluding carboxylic acids is 2. The van der Waals surface area contributed by atoms with Crippen LogP contribution in [0.4, 0.5) is 4.79 Å². The van der Waals surface area contributed by atoms with E-state index in [9.17, 15) is 9.59 Å². The first-order valence-corrected chi connectivity index (χ1v) is 9.40. The summed E-state index contributed by atoms with van der Waals surface area (Å²) in [5.74, 6) is -0.284. The van der Waals surface area contributed by atoms with Gasteiger partial charge in [-0.1, -0.05) is 20.8 Å². The molecule has 0 saturated heterocycles. The summed E-state index contributed by atoms with van der Waals surface area (Å²) in [6.45, 7) is 14.7. The minimum absolute atomic E-state index is 0.0799. The second-order valence-electron chi connectivity index (χ2n) is 7.24. The van der Waals surface area contributed by atoms with E-state index in [1.807, 2.05) is 48.5 Å². The quantitative estimate of drug-likeness (QED) is 0.521. The molecule has 0 radical (unpaired) electrons. The number of esters is 1. The molecule has 1 amide bonds. The maximum atomic E-state index is 12.3. The van der Waals surface area contributed by atoms with Crippen molar-refractivity contribution in [3.63, 3.8) is 0 Å². The number of carbonyl (C=O) groups is 2. The van der Waals surface area contributed by atoms with Crippen LogP contribution in [0, 0.1) is 5.92 Å². The largest absolute Gasteiger partial charge is 0.464 e. The Bertz CT molecular complexity index is 388. The van der Waals surface area contributed by atoms with Gasteiger partial charge < -0.3 is 19.1 Å². The van der Waals surface area contributed by atoms with Gasteiger partial charge in [-0.25, -0.2) is 4.79 Å². The van der Waals surface area contributed by atoms with Gasteiger partial charge in [-0.15, -0.1) is 0 Å².